The molecule has 2 aromatic rings. The van der Waals surface area contributed by atoms with Crippen molar-refractivity contribution in [3.8, 4) is 6.01 Å². The lowest BCUT2D eigenvalue weighted by molar-refractivity contribution is -0.141. The van der Waals surface area contributed by atoms with E-state index >= 15 is 0 Å². The molecule has 0 N–H and O–H groups in total. The number of pyridine rings is 1. The van der Waals surface area contributed by atoms with Crippen LogP contribution >= 0.6 is 0 Å². The minimum absolute atomic E-state index is 0.342. The third-order valence-electron chi connectivity index (χ3n) is 4.00. The molecule has 24 heavy (non-hydrogen) atoms. The molecular formula is C16H17F3N4O. The number of piperidine rings is 1. The second-order valence-electron chi connectivity index (χ2n) is 5.67. The van der Waals surface area contributed by atoms with Crippen molar-refractivity contribution in [1.82, 2.24) is 15.0 Å². The molecular weight excluding hydrogens is 321 g/mol. The average Bonchev–Trinajstić information content (AvgIpc) is 2.61. The number of nitrogens with zero attached hydrogens (tertiary/aromatic N) is 4. The molecule has 1 fully saturated rings. The van der Waals surface area contributed by atoms with Crippen LogP contribution in [0.15, 0.2) is 36.8 Å². The Morgan fingerprint density at radius 3 is 2.46 bits per heavy atom. The first-order valence-corrected chi connectivity index (χ1v) is 7.70. The van der Waals surface area contributed by atoms with Crippen LogP contribution in [-0.2, 0) is 6.18 Å². The third-order valence-corrected chi connectivity index (χ3v) is 4.00. The van der Waals surface area contributed by atoms with Gasteiger partial charge in [0.25, 0.3) is 0 Å². The van der Waals surface area contributed by atoms with Crippen LogP contribution in [0.1, 0.15) is 18.5 Å². The van der Waals surface area contributed by atoms with Gasteiger partial charge in [0.1, 0.15) is 5.69 Å². The largest absolute Gasteiger partial charge is 0.463 e. The SMILES string of the molecule is FC(F)(F)c1cc(N2CCC(COc3ncccn3)CC2)ccn1. The molecule has 8 heteroatoms. The van der Waals surface area contributed by atoms with Gasteiger partial charge in [0.15, 0.2) is 0 Å². The van der Waals surface area contributed by atoms with Gasteiger partial charge in [-0.2, -0.15) is 13.2 Å². The Balaban J connectivity index is 1.53. The molecule has 1 aliphatic rings. The number of hydrogen-bond donors (Lipinski definition) is 0. The number of rotatable bonds is 4. The quantitative estimate of drug-likeness (QED) is 0.857. The van der Waals surface area contributed by atoms with Gasteiger partial charge in [-0.25, -0.2) is 9.97 Å². The van der Waals surface area contributed by atoms with Gasteiger partial charge in [-0.3, -0.25) is 4.98 Å². The van der Waals surface area contributed by atoms with Crippen LogP contribution < -0.4 is 9.64 Å². The third kappa shape index (κ3) is 4.12. The summed E-state index contributed by atoms with van der Waals surface area (Å²) in [5.41, 5.74) is -0.297. The van der Waals surface area contributed by atoms with Gasteiger partial charge < -0.3 is 9.64 Å². The minimum Gasteiger partial charge on any atom is -0.463 e. The first-order valence-electron chi connectivity index (χ1n) is 7.70. The van der Waals surface area contributed by atoms with Crippen molar-refractivity contribution < 1.29 is 17.9 Å². The molecule has 0 spiro atoms. The van der Waals surface area contributed by atoms with Gasteiger partial charge in [-0.05, 0) is 37.0 Å². The van der Waals surface area contributed by atoms with E-state index in [2.05, 4.69) is 15.0 Å². The van der Waals surface area contributed by atoms with Crippen LogP contribution in [-0.4, -0.2) is 34.6 Å². The van der Waals surface area contributed by atoms with Crippen molar-refractivity contribution in [1.29, 1.82) is 0 Å². The van der Waals surface area contributed by atoms with E-state index in [1.165, 1.54) is 6.20 Å². The van der Waals surface area contributed by atoms with Gasteiger partial charge in [0.05, 0.1) is 6.61 Å². The highest BCUT2D eigenvalue weighted by Crippen LogP contribution is 2.31. The van der Waals surface area contributed by atoms with Crippen LogP contribution in [0.3, 0.4) is 0 Å². The van der Waals surface area contributed by atoms with Crippen molar-refractivity contribution in [2.45, 2.75) is 19.0 Å². The van der Waals surface area contributed by atoms with E-state index in [1.807, 2.05) is 4.90 Å². The lowest BCUT2D eigenvalue weighted by Crippen LogP contribution is -2.35. The van der Waals surface area contributed by atoms with Crippen LogP contribution in [0, 0.1) is 5.92 Å². The Morgan fingerprint density at radius 2 is 1.79 bits per heavy atom. The van der Waals surface area contributed by atoms with Crippen LogP contribution in [0.4, 0.5) is 18.9 Å². The minimum atomic E-state index is -4.42. The molecule has 0 bridgehead atoms. The maximum absolute atomic E-state index is 12.7. The monoisotopic (exact) mass is 338 g/mol. The standard InChI is InChI=1S/C16H17F3N4O/c17-16(18,19)14-10-13(2-7-20-14)23-8-3-12(4-9-23)11-24-15-21-5-1-6-22-15/h1-2,5-7,10,12H,3-4,8-9,11H2. The highest BCUT2D eigenvalue weighted by atomic mass is 19.4. The number of anilines is 1. The zero-order valence-electron chi connectivity index (χ0n) is 12.9. The van der Waals surface area contributed by atoms with Gasteiger partial charge in [0.2, 0.25) is 0 Å². The average molecular weight is 338 g/mol. The summed E-state index contributed by atoms with van der Waals surface area (Å²) in [5.74, 6) is 0.342. The number of alkyl halides is 3. The summed E-state index contributed by atoms with van der Waals surface area (Å²) in [6.07, 6.45) is 1.71. The summed E-state index contributed by atoms with van der Waals surface area (Å²) < 4.78 is 43.8. The van der Waals surface area contributed by atoms with E-state index in [0.29, 0.717) is 37.3 Å². The molecule has 0 radical (unpaired) electrons. The summed E-state index contributed by atoms with van der Waals surface area (Å²) in [6.45, 7) is 1.89. The van der Waals surface area contributed by atoms with Gasteiger partial charge >= 0.3 is 12.2 Å². The summed E-state index contributed by atoms with van der Waals surface area (Å²) in [7, 11) is 0. The van der Waals surface area contributed by atoms with Gasteiger partial charge in [0, 0.05) is 37.4 Å². The highest BCUT2D eigenvalue weighted by molar-refractivity contribution is 5.47. The highest BCUT2D eigenvalue weighted by Gasteiger charge is 2.33. The van der Waals surface area contributed by atoms with Crippen LogP contribution in [0.5, 0.6) is 6.01 Å². The van der Waals surface area contributed by atoms with E-state index in [9.17, 15) is 13.2 Å². The van der Waals surface area contributed by atoms with E-state index in [1.54, 1.807) is 24.5 Å². The maximum atomic E-state index is 12.7. The zero-order chi connectivity index (χ0) is 17.0. The van der Waals surface area contributed by atoms with Crippen molar-refractivity contribution >= 4 is 5.69 Å². The fourth-order valence-corrected chi connectivity index (χ4v) is 2.68. The fourth-order valence-electron chi connectivity index (χ4n) is 2.68. The van der Waals surface area contributed by atoms with Crippen LogP contribution in [0.2, 0.25) is 0 Å². The maximum Gasteiger partial charge on any atom is 0.433 e. The second-order valence-corrected chi connectivity index (χ2v) is 5.67. The van der Waals surface area contributed by atoms with E-state index in [4.69, 9.17) is 4.74 Å². The predicted molar refractivity (Wildman–Crippen MR) is 81.7 cm³/mol. The molecule has 0 atom stereocenters. The summed E-state index contributed by atoms with van der Waals surface area (Å²) >= 11 is 0. The Labute approximate surface area is 137 Å². The summed E-state index contributed by atoms with van der Waals surface area (Å²) in [6, 6.07) is 4.79. The number of halogens is 3. The molecule has 128 valence electrons. The van der Waals surface area contributed by atoms with E-state index < -0.39 is 11.9 Å². The molecule has 0 unspecified atom stereocenters. The Kier molecular flexibility index (Phi) is 4.82. The normalized spacial score (nSPS) is 16.2. The van der Waals surface area contributed by atoms with Crippen LogP contribution in [0.25, 0.3) is 0 Å². The summed E-state index contributed by atoms with van der Waals surface area (Å²) in [4.78, 5) is 13.4. The second kappa shape index (κ2) is 7.02. The molecule has 5 nitrogen and oxygen atoms in total. The Hall–Kier alpha value is -2.38. The molecule has 0 saturated carbocycles. The van der Waals surface area contributed by atoms with Crippen molar-refractivity contribution in [3.05, 3.63) is 42.5 Å². The van der Waals surface area contributed by atoms with Crippen molar-refractivity contribution in [2.75, 3.05) is 24.6 Å². The zero-order valence-corrected chi connectivity index (χ0v) is 12.9. The molecule has 0 aliphatic carbocycles. The topological polar surface area (TPSA) is 51.1 Å². The molecule has 0 amide bonds. The molecule has 0 aromatic carbocycles. The van der Waals surface area contributed by atoms with E-state index in [-0.39, 0.29) is 0 Å². The van der Waals surface area contributed by atoms with E-state index in [0.717, 1.165) is 18.9 Å². The fraction of sp³-hybridized carbons (Fsp3) is 0.438. The molecule has 3 heterocycles. The first-order chi connectivity index (χ1) is 11.5. The van der Waals surface area contributed by atoms with Gasteiger partial charge in [-0.1, -0.05) is 0 Å². The number of aromatic nitrogens is 3. The predicted octanol–water partition coefficient (Wildman–Crippen LogP) is 3.19. The summed E-state index contributed by atoms with van der Waals surface area (Å²) in [5, 5.41) is 0. The van der Waals surface area contributed by atoms with Crippen molar-refractivity contribution in [2.24, 2.45) is 5.92 Å². The Bertz CT molecular complexity index is 658. The first kappa shape index (κ1) is 16.5. The lowest BCUT2D eigenvalue weighted by Gasteiger charge is -2.33. The molecule has 2 aromatic heterocycles. The molecule has 3 rings (SSSR count). The lowest BCUT2D eigenvalue weighted by atomic mass is 9.97. The van der Waals surface area contributed by atoms with Crippen molar-refractivity contribution in [3.63, 3.8) is 0 Å². The molecule has 1 aliphatic heterocycles. The number of hydrogen-bond acceptors (Lipinski definition) is 5. The Morgan fingerprint density at radius 1 is 1.08 bits per heavy atom. The number of ether oxygens (including phenoxy) is 1. The smallest absolute Gasteiger partial charge is 0.433 e. The molecule has 1 saturated heterocycles. The van der Waals surface area contributed by atoms with Gasteiger partial charge in [-0.15, -0.1) is 0 Å².